The summed E-state index contributed by atoms with van der Waals surface area (Å²) in [6.45, 7) is 1.03. The van der Waals surface area contributed by atoms with Crippen molar-refractivity contribution in [3.63, 3.8) is 0 Å². The summed E-state index contributed by atoms with van der Waals surface area (Å²) in [5.41, 5.74) is 0.00926. The SMILES string of the molecule is C1=CC23CC(=CN2C1)O3. The molecule has 4 aliphatic heterocycles. The molecule has 4 rings (SSSR count). The molecule has 0 amide bonds. The molecule has 2 heteroatoms. The van der Waals surface area contributed by atoms with Crippen molar-refractivity contribution in [1.82, 2.24) is 4.90 Å². The molecular formula is C7H7NO. The van der Waals surface area contributed by atoms with Crippen molar-refractivity contribution in [3.8, 4) is 0 Å². The van der Waals surface area contributed by atoms with E-state index in [1.807, 2.05) is 0 Å². The molecule has 46 valence electrons. The van der Waals surface area contributed by atoms with E-state index in [9.17, 15) is 0 Å². The van der Waals surface area contributed by atoms with Crippen LogP contribution in [0.25, 0.3) is 0 Å². The van der Waals surface area contributed by atoms with E-state index in [0.29, 0.717) is 0 Å². The molecule has 2 nitrogen and oxygen atoms in total. The molecular weight excluding hydrogens is 114 g/mol. The second-order valence-electron chi connectivity index (χ2n) is 2.77. The molecule has 0 aromatic rings. The molecule has 0 radical (unpaired) electrons. The Morgan fingerprint density at radius 2 is 2.56 bits per heavy atom. The Morgan fingerprint density at radius 3 is 3.33 bits per heavy atom. The molecule has 0 aromatic heterocycles. The van der Waals surface area contributed by atoms with Gasteiger partial charge in [-0.15, -0.1) is 0 Å². The molecule has 1 atom stereocenters. The summed E-state index contributed by atoms with van der Waals surface area (Å²) in [5.74, 6) is 1.15. The third kappa shape index (κ3) is 0.269. The molecule has 1 spiro atoms. The fraction of sp³-hybridized carbons (Fsp3) is 0.429. The first-order valence-corrected chi connectivity index (χ1v) is 3.23. The molecule has 2 bridgehead atoms. The van der Waals surface area contributed by atoms with Gasteiger partial charge in [-0.25, -0.2) is 0 Å². The Labute approximate surface area is 53.4 Å². The number of hydrogen-bond acceptors (Lipinski definition) is 2. The van der Waals surface area contributed by atoms with Crippen LogP contribution in [-0.2, 0) is 4.74 Å². The van der Waals surface area contributed by atoms with Crippen LogP contribution in [0.4, 0.5) is 0 Å². The summed E-state index contributed by atoms with van der Waals surface area (Å²) in [6, 6.07) is 0. The predicted octanol–water partition coefficient (Wildman–Crippen LogP) is 0.830. The maximum atomic E-state index is 5.46. The largest absolute Gasteiger partial charge is 0.466 e. The molecule has 1 unspecified atom stereocenters. The highest BCUT2D eigenvalue weighted by atomic mass is 16.6. The van der Waals surface area contributed by atoms with E-state index in [0.717, 1.165) is 18.7 Å². The first kappa shape index (κ1) is 3.99. The number of ether oxygens (including phenoxy) is 1. The van der Waals surface area contributed by atoms with Crippen molar-refractivity contribution in [2.45, 2.75) is 12.1 Å². The van der Waals surface area contributed by atoms with Gasteiger partial charge in [0.2, 0.25) is 5.72 Å². The zero-order valence-electron chi connectivity index (χ0n) is 5.00. The molecule has 4 aliphatic rings. The number of rotatable bonds is 0. The quantitative estimate of drug-likeness (QED) is 0.440. The van der Waals surface area contributed by atoms with Gasteiger partial charge in [-0.3, -0.25) is 0 Å². The molecule has 9 heavy (non-hydrogen) atoms. The van der Waals surface area contributed by atoms with Crippen LogP contribution in [0.15, 0.2) is 24.1 Å². The fourth-order valence-electron chi connectivity index (χ4n) is 1.73. The van der Waals surface area contributed by atoms with Crippen molar-refractivity contribution >= 4 is 0 Å². The highest BCUT2D eigenvalue weighted by molar-refractivity contribution is 5.31. The van der Waals surface area contributed by atoms with Gasteiger partial charge in [-0.05, 0) is 6.08 Å². The number of hydrogen-bond donors (Lipinski definition) is 0. The molecule has 0 saturated carbocycles. The smallest absolute Gasteiger partial charge is 0.209 e. The van der Waals surface area contributed by atoms with Gasteiger partial charge in [-0.1, -0.05) is 6.08 Å². The van der Waals surface area contributed by atoms with Gasteiger partial charge < -0.3 is 9.64 Å². The average Bonchev–Trinajstić information content (AvgIpc) is 2.11. The summed E-state index contributed by atoms with van der Waals surface area (Å²) in [4.78, 5) is 2.24. The summed E-state index contributed by atoms with van der Waals surface area (Å²) in [5, 5.41) is 0. The van der Waals surface area contributed by atoms with Gasteiger partial charge in [0.05, 0.1) is 6.42 Å². The first-order valence-electron chi connectivity index (χ1n) is 3.23. The molecule has 0 N–H and O–H groups in total. The van der Waals surface area contributed by atoms with Crippen molar-refractivity contribution in [3.05, 3.63) is 24.1 Å². The van der Waals surface area contributed by atoms with Gasteiger partial charge in [0.25, 0.3) is 0 Å². The standard InChI is InChI=1S/C7H7NO/c1-2-7-4-6(9-7)5-8(7)3-1/h1-2,5H,3-4H2. The Balaban J connectivity index is 2.15. The van der Waals surface area contributed by atoms with E-state index in [2.05, 4.69) is 23.3 Å². The molecule has 1 fully saturated rings. The summed E-state index contributed by atoms with van der Waals surface area (Å²) >= 11 is 0. The highest BCUT2D eigenvalue weighted by Crippen LogP contribution is 2.48. The van der Waals surface area contributed by atoms with Crippen LogP contribution in [0.1, 0.15) is 6.42 Å². The summed E-state index contributed by atoms with van der Waals surface area (Å²) < 4.78 is 5.46. The van der Waals surface area contributed by atoms with Gasteiger partial charge >= 0.3 is 0 Å². The summed E-state index contributed by atoms with van der Waals surface area (Å²) in [6.07, 6.45) is 7.52. The highest BCUT2D eigenvalue weighted by Gasteiger charge is 2.53. The predicted molar refractivity (Wildman–Crippen MR) is 32.4 cm³/mol. The van der Waals surface area contributed by atoms with Gasteiger partial charge in [0.1, 0.15) is 5.76 Å². The van der Waals surface area contributed by atoms with E-state index >= 15 is 0 Å². The van der Waals surface area contributed by atoms with E-state index in [4.69, 9.17) is 4.74 Å². The average molecular weight is 121 g/mol. The van der Waals surface area contributed by atoms with Gasteiger partial charge in [-0.2, -0.15) is 0 Å². The van der Waals surface area contributed by atoms with Crippen LogP contribution >= 0.6 is 0 Å². The maximum absolute atomic E-state index is 5.46. The van der Waals surface area contributed by atoms with Crippen molar-refractivity contribution in [2.24, 2.45) is 0 Å². The van der Waals surface area contributed by atoms with Gasteiger partial charge in [0, 0.05) is 12.7 Å². The topological polar surface area (TPSA) is 12.5 Å². The van der Waals surface area contributed by atoms with Crippen LogP contribution in [0.2, 0.25) is 0 Å². The van der Waals surface area contributed by atoms with E-state index in [-0.39, 0.29) is 5.72 Å². The molecule has 1 saturated heterocycles. The van der Waals surface area contributed by atoms with E-state index < -0.39 is 0 Å². The minimum Gasteiger partial charge on any atom is -0.466 e. The second kappa shape index (κ2) is 0.897. The van der Waals surface area contributed by atoms with Crippen LogP contribution in [0, 0.1) is 0 Å². The lowest BCUT2D eigenvalue weighted by molar-refractivity contribution is -0.0886. The van der Waals surface area contributed by atoms with Crippen LogP contribution in [0.5, 0.6) is 0 Å². The number of nitrogens with zero attached hydrogens (tertiary/aromatic N) is 1. The van der Waals surface area contributed by atoms with Gasteiger partial charge in [0.15, 0.2) is 0 Å². The normalized spacial score (nSPS) is 41.8. The Bertz CT molecular complexity index is 221. The second-order valence-corrected chi connectivity index (χ2v) is 2.77. The van der Waals surface area contributed by atoms with Crippen LogP contribution < -0.4 is 0 Å². The lowest BCUT2D eigenvalue weighted by Gasteiger charge is -2.36. The van der Waals surface area contributed by atoms with Crippen molar-refractivity contribution in [1.29, 1.82) is 0 Å². The Hall–Kier alpha value is -0.920. The molecule has 0 aliphatic carbocycles. The monoisotopic (exact) mass is 121 g/mol. The minimum atomic E-state index is 0.00926. The molecule has 4 heterocycles. The van der Waals surface area contributed by atoms with Crippen molar-refractivity contribution < 1.29 is 4.74 Å². The zero-order valence-corrected chi connectivity index (χ0v) is 5.00. The zero-order chi connectivity index (χ0) is 5.90. The third-order valence-electron chi connectivity index (χ3n) is 2.20. The minimum absolute atomic E-state index is 0.00926. The fourth-order valence-corrected chi connectivity index (χ4v) is 1.73. The van der Waals surface area contributed by atoms with Crippen LogP contribution in [0.3, 0.4) is 0 Å². The van der Waals surface area contributed by atoms with E-state index in [1.54, 1.807) is 0 Å². The third-order valence-corrected chi connectivity index (χ3v) is 2.20. The lowest BCUT2D eigenvalue weighted by atomic mass is 10.1. The summed E-state index contributed by atoms with van der Waals surface area (Å²) in [7, 11) is 0. The van der Waals surface area contributed by atoms with E-state index in [1.165, 1.54) is 0 Å². The lowest BCUT2D eigenvalue weighted by Crippen LogP contribution is -2.43. The Kier molecular flexibility index (Phi) is 0.397. The molecule has 0 aromatic carbocycles. The van der Waals surface area contributed by atoms with Crippen molar-refractivity contribution in [2.75, 3.05) is 6.54 Å². The maximum Gasteiger partial charge on any atom is 0.209 e. The Morgan fingerprint density at radius 1 is 1.67 bits per heavy atom. The first-order chi connectivity index (χ1) is 4.39. The van der Waals surface area contributed by atoms with Crippen LogP contribution in [-0.4, -0.2) is 17.2 Å².